The van der Waals surface area contributed by atoms with E-state index in [9.17, 15) is 4.79 Å². The number of amides is 1. The second kappa shape index (κ2) is 6.90. The first-order valence-electron chi connectivity index (χ1n) is 5.89. The van der Waals surface area contributed by atoms with Crippen LogP contribution in [0.1, 0.15) is 20.8 Å². The Labute approximate surface area is 117 Å². The highest BCUT2D eigenvalue weighted by Gasteiger charge is 2.15. The molecule has 0 aliphatic heterocycles. The third-order valence-electron chi connectivity index (χ3n) is 2.33. The van der Waals surface area contributed by atoms with Gasteiger partial charge in [-0.1, -0.05) is 25.4 Å². The average molecular weight is 287 g/mol. The maximum atomic E-state index is 11.8. The van der Waals surface area contributed by atoms with E-state index in [1.54, 1.807) is 18.2 Å². The molecule has 1 aromatic rings. The van der Waals surface area contributed by atoms with Crippen LogP contribution in [0.15, 0.2) is 23.1 Å². The molecular weight excluding hydrogens is 268 g/mol. The Kier molecular flexibility index (Phi) is 5.82. The number of hydrogen-bond acceptors (Lipinski definition) is 3. The molecule has 3 nitrogen and oxygen atoms in total. The summed E-state index contributed by atoms with van der Waals surface area (Å²) in [6.07, 6.45) is 0. The topological polar surface area (TPSA) is 55.1 Å². The lowest BCUT2D eigenvalue weighted by atomic mass is 10.2. The van der Waals surface area contributed by atoms with E-state index < -0.39 is 0 Å². The third-order valence-corrected chi connectivity index (χ3v) is 3.74. The van der Waals surface area contributed by atoms with Gasteiger partial charge < -0.3 is 11.1 Å². The summed E-state index contributed by atoms with van der Waals surface area (Å²) in [5.41, 5.74) is 6.50. The van der Waals surface area contributed by atoms with Gasteiger partial charge in [0.15, 0.2) is 0 Å². The van der Waals surface area contributed by atoms with Gasteiger partial charge in [0.05, 0.1) is 5.25 Å². The van der Waals surface area contributed by atoms with E-state index in [0.29, 0.717) is 23.2 Å². The Morgan fingerprint density at radius 3 is 2.72 bits per heavy atom. The number of hydrogen-bond donors (Lipinski definition) is 2. The van der Waals surface area contributed by atoms with Gasteiger partial charge in [-0.15, -0.1) is 11.8 Å². The summed E-state index contributed by atoms with van der Waals surface area (Å²) in [7, 11) is 0. The molecule has 1 amide bonds. The lowest BCUT2D eigenvalue weighted by molar-refractivity contribution is -0.120. The molecule has 0 heterocycles. The highest BCUT2D eigenvalue weighted by Crippen LogP contribution is 2.31. The summed E-state index contributed by atoms with van der Waals surface area (Å²) in [5.74, 6) is 0.468. The molecule has 0 radical (unpaired) electrons. The van der Waals surface area contributed by atoms with E-state index in [2.05, 4.69) is 19.2 Å². The molecule has 0 bridgehead atoms. The number of benzene rings is 1. The number of nitrogens with two attached hydrogens (primary N) is 1. The number of anilines is 1. The van der Waals surface area contributed by atoms with Gasteiger partial charge in [-0.25, -0.2) is 0 Å². The molecule has 0 aliphatic rings. The zero-order valence-corrected chi connectivity index (χ0v) is 12.4. The Balaban J connectivity index is 2.60. The number of nitrogen functional groups attached to an aromatic ring is 1. The molecule has 18 heavy (non-hydrogen) atoms. The fraction of sp³-hybridized carbons (Fsp3) is 0.462. The molecule has 0 aromatic heterocycles. The van der Waals surface area contributed by atoms with E-state index >= 15 is 0 Å². The Bertz CT molecular complexity index is 423. The number of halogens is 1. The predicted molar refractivity (Wildman–Crippen MR) is 79.0 cm³/mol. The van der Waals surface area contributed by atoms with E-state index in [1.807, 2.05) is 6.92 Å². The number of carbonyl (C=O) groups is 1. The number of rotatable bonds is 5. The largest absolute Gasteiger partial charge is 0.398 e. The zero-order valence-electron chi connectivity index (χ0n) is 10.9. The molecule has 1 rings (SSSR count). The molecule has 0 aliphatic carbocycles. The summed E-state index contributed by atoms with van der Waals surface area (Å²) < 4.78 is 0. The SMILES string of the molecule is CC(C)CNC(=O)C(C)Sc1cc(Cl)ccc1N. The third kappa shape index (κ3) is 4.78. The van der Waals surface area contributed by atoms with E-state index in [4.69, 9.17) is 17.3 Å². The maximum Gasteiger partial charge on any atom is 0.233 e. The minimum Gasteiger partial charge on any atom is -0.398 e. The summed E-state index contributed by atoms with van der Waals surface area (Å²) in [4.78, 5) is 12.7. The molecule has 1 atom stereocenters. The Hall–Kier alpha value is -0.870. The normalized spacial score (nSPS) is 12.5. The van der Waals surface area contributed by atoms with Crippen molar-refractivity contribution in [3.05, 3.63) is 23.2 Å². The number of thioether (sulfide) groups is 1. The van der Waals surface area contributed by atoms with Crippen molar-refractivity contribution in [2.75, 3.05) is 12.3 Å². The fourth-order valence-electron chi connectivity index (χ4n) is 1.30. The number of carbonyl (C=O) groups excluding carboxylic acids is 1. The highest BCUT2D eigenvalue weighted by molar-refractivity contribution is 8.00. The molecule has 1 unspecified atom stereocenters. The summed E-state index contributed by atoms with van der Waals surface area (Å²) in [6.45, 7) is 6.68. The first-order chi connectivity index (χ1) is 8.40. The van der Waals surface area contributed by atoms with Crippen LogP contribution in [0, 0.1) is 5.92 Å². The standard InChI is InChI=1S/C13H19ClN2OS/c1-8(2)7-16-13(17)9(3)18-12-6-10(14)4-5-11(12)15/h4-6,8-9H,7,15H2,1-3H3,(H,16,17). The van der Waals surface area contributed by atoms with Crippen LogP contribution in [0.5, 0.6) is 0 Å². The van der Waals surface area contributed by atoms with Gasteiger partial charge in [-0.2, -0.15) is 0 Å². The van der Waals surface area contributed by atoms with Crippen LogP contribution in [0.3, 0.4) is 0 Å². The molecular formula is C13H19ClN2OS. The van der Waals surface area contributed by atoms with Crippen LogP contribution in [-0.4, -0.2) is 17.7 Å². The predicted octanol–water partition coefficient (Wildman–Crippen LogP) is 3.18. The Morgan fingerprint density at radius 1 is 1.44 bits per heavy atom. The van der Waals surface area contributed by atoms with Crippen molar-refractivity contribution in [1.82, 2.24) is 5.32 Å². The summed E-state index contributed by atoms with van der Waals surface area (Å²) in [6, 6.07) is 5.28. The zero-order chi connectivity index (χ0) is 13.7. The minimum atomic E-state index is -0.190. The average Bonchev–Trinajstić information content (AvgIpc) is 2.30. The van der Waals surface area contributed by atoms with Gasteiger partial charge in [0.2, 0.25) is 5.91 Å². The van der Waals surface area contributed by atoms with E-state index in [1.165, 1.54) is 11.8 Å². The van der Waals surface area contributed by atoms with Crippen molar-refractivity contribution < 1.29 is 4.79 Å². The highest BCUT2D eigenvalue weighted by atomic mass is 35.5. The molecule has 1 aromatic carbocycles. The first-order valence-corrected chi connectivity index (χ1v) is 7.15. The summed E-state index contributed by atoms with van der Waals surface area (Å²) in [5, 5.41) is 3.34. The molecule has 5 heteroatoms. The fourth-order valence-corrected chi connectivity index (χ4v) is 2.51. The van der Waals surface area contributed by atoms with Crippen LogP contribution >= 0.6 is 23.4 Å². The second-order valence-electron chi connectivity index (χ2n) is 4.58. The molecule has 0 saturated carbocycles. The van der Waals surface area contributed by atoms with E-state index in [0.717, 1.165) is 4.90 Å². The summed E-state index contributed by atoms with van der Waals surface area (Å²) >= 11 is 7.34. The molecule has 0 fully saturated rings. The van der Waals surface area contributed by atoms with Crippen LogP contribution in [0.4, 0.5) is 5.69 Å². The van der Waals surface area contributed by atoms with Gasteiger partial charge >= 0.3 is 0 Å². The first kappa shape index (κ1) is 15.2. The van der Waals surface area contributed by atoms with Gasteiger partial charge in [-0.05, 0) is 31.0 Å². The quantitative estimate of drug-likeness (QED) is 0.646. The van der Waals surface area contributed by atoms with Crippen molar-refractivity contribution in [2.45, 2.75) is 30.9 Å². The van der Waals surface area contributed by atoms with Gasteiger partial charge in [0.1, 0.15) is 0 Å². The van der Waals surface area contributed by atoms with Gasteiger partial charge in [0.25, 0.3) is 0 Å². The van der Waals surface area contributed by atoms with Crippen molar-refractivity contribution >= 4 is 35.0 Å². The van der Waals surface area contributed by atoms with Crippen molar-refractivity contribution in [3.63, 3.8) is 0 Å². The van der Waals surface area contributed by atoms with Crippen LogP contribution in [-0.2, 0) is 4.79 Å². The molecule has 0 spiro atoms. The maximum absolute atomic E-state index is 11.8. The van der Waals surface area contributed by atoms with Crippen LogP contribution < -0.4 is 11.1 Å². The lowest BCUT2D eigenvalue weighted by Gasteiger charge is -2.14. The van der Waals surface area contributed by atoms with Crippen molar-refractivity contribution in [3.8, 4) is 0 Å². The molecule has 100 valence electrons. The number of nitrogens with one attached hydrogen (secondary N) is 1. The molecule has 0 saturated heterocycles. The Morgan fingerprint density at radius 2 is 2.11 bits per heavy atom. The minimum absolute atomic E-state index is 0.0214. The van der Waals surface area contributed by atoms with Crippen LogP contribution in [0.25, 0.3) is 0 Å². The van der Waals surface area contributed by atoms with Gasteiger partial charge in [0, 0.05) is 22.2 Å². The second-order valence-corrected chi connectivity index (χ2v) is 6.40. The molecule has 3 N–H and O–H groups in total. The lowest BCUT2D eigenvalue weighted by Crippen LogP contribution is -2.33. The van der Waals surface area contributed by atoms with Crippen molar-refractivity contribution in [2.24, 2.45) is 5.92 Å². The van der Waals surface area contributed by atoms with Gasteiger partial charge in [-0.3, -0.25) is 4.79 Å². The smallest absolute Gasteiger partial charge is 0.233 e. The van der Waals surface area contributed by atoms with E-state index in [-0.39, 0.29) is 11.2 Å². The van der Waals surface area contributed by atoms with Crippen LogP contribution in [0.2, 0.25) is 5.02 Å². The monoisotopic (exact) mass is 286 g/mol. The van der Waals surface area contributed by atoms with Crippen molar-refractivity contribution in [1.29, 1.82) is 0 Å².